The van der Waals surface area contributed by atoms with Crippen LogP contribution in [0.4, 0.5) is 0 Å². The molecule has 6 atom stereocenters. The molecule has 0 saturated carbocycles. The molecule has 0 aromatic carbocycles. The van der Waals surface area contributed by atoms with Gasteiger partial charge in [0.25, 0.3) is 10.1 Å². The van der Waals surface area contributed by atoms with Crippen molar-refractivity contribution in [1.82, 2.24) is 0 Å². The molecule has 0 bridgehead atoms. The summed E-state index contributed by atoms with van der Waals surface area (Å²) >= 11 is 0. The third-order valence-electron chi connectivity index (χ3n) is 11.1. The summed E-state index contributed by atoms with van der Waals surface area (Å²) in [5, 5.41) is 30.9. The molecular weight excluding hydrogens is 837 g/mol. The molecule has 0 aliphatic carbocycles. The van der Waals surface area contributed by atoms with E-state index in [-0.39, 0.29) is 19.4 Å². The van der Waals surface area contributed by atoms with Crippen molar-refractivity contribution in [1.29, 1.82) is 0 Å². The first-order chi connectivity index (χ1) is 31.0. The largest absolute Gasteiger partial charge is 0.462 e. The van der Waals surface area contributed by atoms with Crippen molar-refractivity contribution in [3.63, 3.8) is 0 Å². The molecular formula is C51H88O12S. The number of unbranched alkanes of at least 4 members (excludes halogenated alkanes) is 19. The minimum Gasteiger partial charge on any atom is -0.462 e. The van der Waals surface area contributed by atoms with Crippen LogP contribution in [0, 0.1) is 0 Å². The van der Waals surface area contributed by atoms with Crippen LogP contribution in [-0.2, 0) is 38.7 Å². The predicted octanol–water partition coefficient (Wildman–Crippen LogP) is 10.9. The van der Waals surface area contributed by atoms with Crippen molar-refractivity contribution in [3.8, 4) is 0 Å². The molecule has 13 heteroatoms. The van der Waals surface area contributed by atoms with Gasteiger partial charge in [-0.2, -0.15) is 8.42 Å². The Morgan fingerprint density at radius 2 is 0.938 bits per heavy atom. The average molecular weight is 925 g/mol. The Kier molecular flexibility index (Phi) is 37.7. The summed E-state index contributed by atoms with van der Waals surface area (Å²) < 4.78 is 54.2. The van der Waals surface area contributed by atoms with Gasteiger partial charge >= 0.3 is 11.9 Å². The lowest BCUT2D eigenvalue weighted by Gasteiger charge is -2.40. The summed E-state index contributed by atoms with van der Waals surface area (Å²) in [5.74, 6) is -2.03. The van der Waals surface area contributed by atoms with Gasteiger partial charge in [-0.1, -0.05) is 158 Å². The van der Waals surface area contributed by atoms with Gasteiger partial charge in [0.05, 0.1) is 6.61 Å². The summed E-state index contributed by atoms with van der Waals surface area (Å²) in [4.78, 5) is 25.5. The SMILES string of the molecule is CCCCC/C=C/C/C=C/C/C=C/C/C=C/CCCCCC(=O)O[C@H](COC(=O)CCCCCCCCC/C=C/CCCCCCCC)CO[C@H]1O[C@H](CS(=O)(=O)O)[C@@H](O)C(O)C1O. The van der Waals surface area contributed by atoms with Gasteiger partial charge in [0.2, 0.25) is 0 Å². The Bertz CT molecular complexity index is 1410. The first-order valence-corrected chi connectivity index (χ1v) is 26.5. The number of ether oxygens (including phenoxy) is 4. The number of rotatable bonds is 41. The van der Waals surface area contributed by atoms with Gasteiger partial charge in [-0.25, -0.2) is 0 Å². The highest BCUT2D eigenvalue weighted by Gasteiger charge is 2.46. The van der Waals surface area contributed by atoms with Crippen LogP contribution in [0.1, 0.15) is 194 Å². The van der Waals surface area contributed by atoms with Gasteiger partial charge in [0.1, 0.15) is 36.8 Å². The van der Waals surface area contributed by atoms with Crippen LogP contribution in [0.5, 0.6) is 0 Å². The molecule has 1 aliphatic rings. The highest BCUT2D eigenvalue weighted by atomic mass is 32.2. The van der Waals surface area contributed by atoms with E-state index in [4.69, 9.17) is 18.9 Å². The fourth-order valence-electron chi connectivity index (χ4n) is 7.18. The Labute approximate surface area is 387 Å². The molecule has 4 N–H and O–H groups in total. The van der Waals surface area contributed by atoms with Crippen molar-refractivity contribution in [2.75, 3.05) is 19.0 Å². The van der Waals surface area contributed by atoms with Crippen LogP contribution in [0.3, 0.4) is 0 Å². The molecule has 12 nitrogen and oxygen atoms in total. The van der Waals surface area contributed by atoms with E-state index in [0.29, 0.717) is 12.8 Å². The zero-order chi connectivity index (χ0) is 46.9. The molecule has 1 saturated heterocycles. The first kappa shape index (κ1) is 59.4. The minimum absolute atomic E-state index is 0.124. The maximum Gasteiger partial charge on any atom is 0.306 e. The average Bonchev–Trinajstić information content (AvgIpc) is 3.26. The molecule has 64 heavy (non-hydrogen) atoms. The van der Waals surface area contributed by atoms with Crippen LogP contribution >= 0.6 is 0 Å². The second-order valence-electron chi connectivity index (χ2n) is 17.1. The normalized spacial score (nSPS) is 20.1. The minimum atomic E-state index is -4.61. The van der Waals surface area contributed by atoms with Crippen molar-refractivity contribution in [2.45, 2.75) is 230 Å². The number of carbonyl (C=O) groups is 2. The third-order valence-corrected chi connectivity index (χ3v) is 11.8. The quantitative estimate of drug-likeness (QED) is 0.0197. The molecule has 0 spiro atoms. The van der Waals surface area contributed by atoms with E-state index in [1.807, 2.05) is 0 Å². The lowest BCUT2D eigenvalue weighted by atomic mass is 10.00. The first-order valence-electron chi connectivity index (χ1n) is 24.8. The standard InChI is InChI=1S/C51H88O12S/c1-3-5-7-9-11-13-15-17-19-21-22-24-26-28-30-32-34-36-38-40-47(53)62-44(42-61-51-50(56)49(55)48(54)45(63-51)43-64(57,58)59)41-60-46(52)39-37-35-33-31-29-27-25-23-20-18-16-14-12-10-8-6-4-2/h11,13,17-20,22,24,28,30,44-45,48-51,54-56H,3-10,12,14-16,21,23,25-27,29,31-43H2,1-2H3,(H,57,58,59)/b13-11+,19-17+,20-18+,24-22+,30-28+/t44-,45-,48-,49?,50?,51+/m1/s1. The lowest BCUT2D eigenvalue weighted by molar-refractivity contribution is -0.297. The number of aliphatic hydroxyl groups excluding tert-OH is 3. The van der Waals surface area contributed by atoms with Crippen LogP contribution in [0.2, 0.25) is 0 Å². The van der Waals surface area contributed by atoms with Crippen molar-refractivity contribution >= 4 is 22.1 Å². The Morgan fingerprint density at radius 3 is 1.45 bits per heavy atom. The van der Waals surface area contributed by atoms with E-state index >= 15 is 0 Å². The van der Waals surface area contributed by atoms with Crippen molar-refractivity contribution < 1.29 is 56.8 Å². The van der Waals surface area contributed by atoms with Gasteiger partial charge < -0.3 is 34.3 Å². The number of carbonyl (C=O) groups excluding carboxylic acids is 2. The second kappa shape index (κ2) is 40.6. The van der Waals surface area contributed by atoms with Crippen LogP contribution < -0.4 is 0 Å². The van der Waals surface area contributed by atoms with E-state index in [9.17, 15) is 37.9 Å². The molecule has 370 valence electrons. The molecule has 0 radical (unpaired) electrons. The molecule has 0 aromatic heterocycles. The molecule has 1 fully saturated rings. The Balaban J connectivity index is 2.44. The highest BCUT2D eigenvalue weighted by Crippen LogP contribution is 2.24. The third kappa shape index (κ3) is 34.7. The number of hydrogen-bond donors (Lipinski definition) is 4. The van der Waals surface area contributed by atoms with E-state index in [1.54, 1.807) is 0 Å². The van der Waals surface area contributed by atoms with Crippen molar-refractivity contribution in [2.24, 2.45) is 0 Å². The molecule has 0 amide bonds. The lowest BCUT2D eigenvalue weighted by Crippen LogP contribution is -2.60. The van der Waals surface area contributed by atoms with Crippen LogP contribution in [0.25, 0.3) is 0 Å². The van der Waals surface area contributed by atoms with E-state index in [0.717, 1.165) is 70.6 Å². The molecule has 1 aliphatic heterocycles. The summed E-state index contributed by atoms with van der Waals surface area (Å²) in [5.41, 5.74) is 0. The van der Waals surface area contributed by atoms with Gasteiger partial charge in [-0.05, 0) is 83.5 Å². The van der Waals surface area contributed by atoms with Gasteiger partial charge in [-0.3, -0.25) is 14.1 Å². The summed E-state index contributed by atoms with van der Waals surface area (Å²) in [6.07, 6.45) is 41.1. The maximum absolute atomic E-state index is 12.8. The fourth-order valence-corrected chi connectivity index (χ4v) is 7.87. The molecule has 1 rings (SSSR count). The van der Waals surface area contributed by atoms with Crippen LogP contribution in [-0.4, -0.2) is 96.0 Å². The second-order valence-corrected chi connectivity index (χ2v) is 18.6. The number of aliphatic hydroxyl groups is 3. The van der Waals surface area contributed by atoms with Crippen molar-refractivity contribution in [3.05, 3.63) is 60.8 Å². The predicted molar refractivity (Wildman–Crippen MR) is 256 cm³/mol. The summed E-state index contributed by atoms with van der Waals surface area (Å²) in [6.45, 7) is 3.71. The van der Waals surface area contributed by atoms with Gasteiger partial charge in [-0.15, -0.1) is 0 Å². The molecule has 0 aromatic rings. The highest BCUT2D eigenvalue weighted by molar-refractivity contribution is 7.85. The van der Waals surface area contributed by atoms with E-state index < -0.39 is 71.2 Å². The molecule has 2 unspecified atom stereocenters. The maximum atomic E-state index is 12.8. The van der Waals surface area contributed by atoms with E-state index in [2.05, 4.69) is 74.6 Å². The zero-order valence-corrected chi connectivity index (χ0v) is 40.4. The topological polar surface area (TPSA) is 186 Å². The van der Waals surface area contributed by atoms with Gasteiger partial charge in [0, 0.05) is 12.8 Å². The number of hydrogen-bond acceptors (Lipinski definition) is 11. The molecule has 1 heterocycles. The van der Waals surface area contributed by atoms with E-state index in [1.165, 1.54) is 83.5 Å². The summed E-state index contributed by atoms with van der Waals surface area (Å²) in [6, 6.07) is 0. The Hall–Kier alpha value is -2.65. The van der Waals surface area contributed by atoms with Crippen LogP contribution in [0.15, 0.2) is 60.8 Å². The smallest absolute Gasteiger partial charge is 0.306 e. The number of esters is 2. The Morgan fingerprint density at radius 1 is 0.531 bits per heavy atom. The monoisotopic (exact) mass is 925 g/mol. The summed E-state index contributed by atoms with van der Waals surface area (Å²) in [7, 11) is -4.61. The van der Waals surface area contributed by atoms with Gasteiger partial charge in [0.15, 0.2) is 12.4 Å². The fraction of sp³-hybridized carbons (Fsp3) is 0.765. The zero-order valence-electron chi connectivity index (χ0n) is 39.6. The number of allylic oxidation sites excluding steroid dienone is 10.